The molecule has 0 saturated carbocycles. The lowest BCUT2D eigenvalue weighted by Gasteiger charge is -2.14. The maximum Gasteiger partial charge on any atom is 0.226 e. The number of hydrogen-bond acceptors (Lipinski definition) is 3. The maximum atomic E-state index is 12.3. The summed E-state index contributed by atoms with van der Waals surface area (Å²) < 4.78 is 1.94. The molecule has 2 aromatic heterocycles. The van der Waals surface area contributed by atoms with Crippen LogP contribution in [0.25, 0.3) is 15.7 Å². The van der Waals surface area contributed by atoms with E-state index in [-0.39, 0.29) is 11.9 Å². The molecule has 0 saturated heterocycles. The van der Waals surface area contributed by atoms with Crippen molar-refractivity contribution in [3.05, 3.63) is 71.5 Å². The molecule has 0 aliphatic rings. The first-order valence-corrected chi connectivity index (χ1v) is 8.76. The Hall–Kier alpha value is -2.66. The number of carbonyl (C=O) groups excluding carboxylic acids is 1. The largest absolute Gasteiger partial charge is 0.349 e. The van der Waals surface area contributed by atoms with Gasteiger partial charge in [0.15, 0.2) is 4.96 Å². The molecular weight excluding hydrogens is 318 g/mol. The van der Waals surface area contributed by atoms with Crippen LogP contribution in [-0.2, 0) is 11.2 Å². The Morgan fingerprint density at radius 1 is 1.25 bits per heavy atom. The molecule has 1 unspecified atom stereocenters. The van der Waals surface area contributed by atoms with Crippen molar-refractivity contribution < 1.29 is 4.79 Å². The fraction of sp³-hybridized carbons (Fsp3) is 0.158. The van der Waals surface area contributed by atoms with Crippen LogP contribution in [0.2, 0.25) is 0 Å². The monoisotopic (exact) mass is 335 g/mol. The SMILES string of the molecule is CC(NC(=O)Cc1cn2ccsc2n1)c1ccc2ccccc2c1. The van der Waals surface area contributed by atoms with Gasteiger partial charge in [-0.2, -0.15) is 0 Å². The summed E-state index contributed by atoms with van der Waals surface area (Å²) in [5.41, 5.74) is 1.90. The predicted molar refractivity (Wildman–Crippen MR) is 97.3 cm³/mol. The molecule has 1 amide bonds. The molecule has 4 aromatic rings. The van der Waals surface area contributed by atoms with Gasteiger partial charge in [-0.05, 0) is 29.3 Å². The van der Waals surface area contributed by atoms with Gasteiger partial charge in [-0.1, -0.05) is 36.4 Å². The summed E-state index contributed by atoms with van der Waals surface area (Å²) in [5.74, 6) is -0.0126. The number of amides is 1. The maximum absolute atomic E-state index is 12.3. The summed E-state index contributed by atoms with van der Waals surface area (Å²) >= 11 is 1.57. The highest BCUT2D eigenvalue weighted by molar-refractivity contribution is 7.15. The highest BCUT2D eigenvalue weighted by Gasteiger charge is 2.12. The second-order valence-electron chi connectivity index (χ2n) is 5.90. The van der Waals surface area contributed by atoms with Gasteiger partial charge in [-0.15, -0.1) is 11.3 Å². The molecule has 4 nitrogen and oxygen atoms in total. The second-order valence-corrected chi connectivity index (χ2v) is 6.77. The standard InChI is InChI=1S/C19H17N3OS/c1-13(15-7-6-14-4-2-3-5-16(14)10-15)20-18(23)11-17-12-22-8-9-24-19(22)21-17/h2-10,12-13H,11H2,1H3,(H,20,23). The van der Waals surface area contributed by atoms with E-state index in [1.54, 1.807) is 11.3 Å². The van der Waals surface area contributed by atoms with Crippen LogP contribution in [-0.4, -0.2) is 15.3 Å². The van der Waals surface area contributed by atoms with Crippen LogP contribution in [0.1, 0.15) is 24.2 Å². The van der Waals surface area contributed by atoms with Crippen molar-refractivity contribution in [2.24, 2.45) is 0 Å². The van der Waals surface area contributed by atoms with E-state index in [1.165, 1.54) is 10.8 Å². The molecule has 0 spiro atoms. The fourth-order valence-corrected chi connectivity index (χ4v) is 3.60. The minimum Gasteiger partial charge on any atom is -0.349 e. The van der Waals surface area contributed by atoms with Gasteiger partial charge in [0.25, 0.3) is 0 Å². The minimum atomic E-state index is -0.0363. The Bertz CT molecular complexity index is 989. The molecule has 120 valence electrons. The highest BCUT2D eigenvalue weighted by Crippen LogP contribution is 2.20. The van der Waals surface area contributed by atoms with Gasteiger partial charge in [0.05, 0.1) is 18.2 Å². The number of nitrogens with one attached hydrogen (secondary N) is 1. The smallest absolute Gasteiger partial charge is 0.226 e. The Morgan fingerprint density at radius 3 is 2.92 bits per heavy atom. The molecule has 4 rings (SSSR count). The first kappa shape index (κ1) is 14.9. The van der Waals surface area contributed by atoms with Gasteiger partial charge >= 0.3 is 0 Å². The molecule has 1 atom stereocenters. The van der Waals surface area contributed by atoms with Gasteiger partial charge in [0, 0.05) is 17.8 Å². The molecule has 0 bridgehead atoms. The molecule has 1 N–H and O–H groups in total. The molecule has 5 heteroatoms. The summed E-state index contributed by atoms with van der Waals surface area (Å²) in [7, 11) is 0. The van der Waals surface area contributed by atoms with E-state index in [4.69, 9.17) is 0 Å². The van der Waals surface area contributed by atoms with Crippen LogP contribution in [0, 0.1) is 0 Å². The quantitative estimate of drug-likeness (QED) is 0.613. The first-order valence-electron chi connectivity index (χ1n) is 7.88. The Kier molecular flexibility index (Phi) is 3.78. The number of nitrogens with zero attached hydrogens (tertiary/aromatic N) is 2. The lowest BCUT2D eigenvalue weighted by molar-refractivity contribution is -0.121. The van der Waals surface area contributed by atoms with Crippen molar-refractivity contribution in [2.45, 2.75) is 19.4 Å². The van der Waals surface area contributed by atoms with E-state index >= 15 is 0 Å². The van der Waals surface area contributed by atoms with Gasteiger partial charge in [0.1, 0.15) is 0 Å². The summed E-state index contributed by atoms with van der Waals surface area (Å²) in [5, 5.41) is 7.43. The van der Waals surface area contributed by atoms with Crippen molar-refractivity contribution in [2.75, 3.05) is 0 Å². The summed E-state index contributed by atoms with van der Waals surface area (Å²) in [6.07, 6.45) is 4.16. The molecular formula is C19H17N3OS. The zero-order valence-corrected chi connectivity index (χ0v) is 14.1. The van der Waals surface area contributed by atoms with Crippen LogP contribution in [0.5, 0.6) is 0 Å². The van der Waals surface area contributed by atoms with E-state index in [2.05, 4.69) is 40.6 Å². The molecule has 0 radical (unpaired) electrons. The molecule has 2 heterocycles. The van der Waals surface area contributed by atoms with Gasteiger partial charge in [-0.3, -0.25) is 9.20 Å². The number of thiazole rings is 1. The normalized spacial score (nSPS) is 12.5. The van der Waals surface area contributed by atoms with Gasteiger partial charge in [-0.25, -0.2) is 4.98 Å². The minimum absolute atomic E-state index is 0.0126. The third kappa shape index (κ3) is 2.90. The highest BCUT2D eigenvalue weighted by atomic mass is 32.1. The average Bonchev–Trinajstić information content (AvgIpc) is 3.15. The molecule has 2 aromatic carbocycles. The lowest BCUT2D eigenvalue weighted by atomic mass is 10.0. The van der Waals surface area contributed by atoms with Crippen LogP contribution in [0.3, 0.4) is 0 Å². The van der Waals surface area contributed by atoms with Crippen LogP contribution >= 0.6 is 11.3 Å². The Morgan fingerprint density at radius 2 is 2.08 bits per heavy atom. The number of carbonyl (C=O) groups is 1. The topological polar surface area (TPSA) is 46.4 Å². The van der Waals surface area contributed by atoms with E-state index in [9.17, 15) is 4.79 Å². The fourth-order valence-electron chi connectivity index (χ4n) is 2.88. The first-order chi connectivity index (χ1) is 11.7. The molecule has 0 aliphatic heterocycles. The zero-order valence-electron chi connectivity index (χ0n) is 13.3. The van der Waals surface area contributed by atoms with E-state index in [0.717, 1.165) is 16.2 Å². The van der Waals surface area contributed by atoms with E-state index in [0.29, 0.717) is 6.42 Å². The van der Waals surface area contributed by atoms with Crippen LogP contribution < -0.4 is 5.32 Å². The third-order valence-electron chi connectivity index (χ3n) is 4.14. The Labute approximate surface area is 143 Å². The number of imidazole rings is 1. The molecule has 0 fully saturated rings. The van der Waals surface area contributed by atoms with Crippen molar-refractivity contribution in [1.82, 2.24) is 14.7 Å². The van der Waals surface area contributed by atoms with Crippen molar-refractivity contribution in [1.29, 1.82) is 0 Å². The van der Waals surface area contributed by atoms with Crippen molar-refractivity contribution >= 4 is 33.0 Å². The number of hydrogen-bond donors (Lipinski definition) is 1. The van der Waals surface area contributed by atoms with E-state index < -0.39 is 0 Å². The second kappa shape index (κ2) is 6.09. The summed E-state index contributed by atoms with van der Waals surface area (Å²) in [6.45, 7) is 2.01. The molecule has 24 heavy (non-hydrogen) atoms. The van der Waals surface area contributed by atoms with Crippen LogP contribution in [0.4, 0.5) is 0 Å². The Balaban J connectivity index is 1.46. The number of aromatic nitrogens is 2. The van der Waals surface area contributed by atoms with E-state index in [1.807, 2.05) is 41.2 Å². The number of benzene rings is 2. The number of rotatable bonds is 4. The zero-order chi connectivity index (χ0) is 16.5. The summed E-state index contributed by atoms with van der Waals surface area (Å²) in [6, 6.07) is 14.5. The number of fused-ring (bicyclic) bond motifs is 2. The lowest BCUT2D eigenvalue weighted by Crippen LogP contribution is -2.28. The van der Waals surface area contributed by atoms with Gasteiger partial charge in [0.2, 0.25) is 5.91 Å². The van der Waals surface area contributed by atoms with Crippen LogP contribution in [0.15, 0.2) is 60.2 Å². The molecule has 0 aliphatic carbocycles. The summed E-state index contributed by atoms with van der Waals surface area (Å²) in [4.78, 5) is 17.7. The predicted octanol–water partition coefficient (Wildman–Crippen LogP) is 3.97. The average molecular weight is 335 g/mol. The van der Waals surface area contributed by atoms with Crippen molar-refractivity contribution in [3.8, 4) is 0 Å². The van der Waals surface area contributed by atoms with Crippen molar-refractivity contribution in [3.63, 3.8) is 0 Å². The third-order valence-corrected chi connectivity index (χ3v) is 4.91. The van der Waals surface area contributed by atoms with Gasteiger partial charge < -0.3 is 5.32 Å².